The minimum atomic E-state index is -0.337. The number of halogens is 1. The topological polar surface area (TPSA) is 20.2 Å². The zero-order valence-corrected chi connectivity index (χ0v) is 10.7. The molecule has 2 heteroatoms. The molecule has 0 bridgehead atoms. The maximum atomic E-state index is 12.8. The van der Waals surface area contributed by atoms with E-state index in [1.807, 2.05) is 18.2 Å². The van der Waals surface area contributed by atoms with Crippen LogP contribution >= 0.6 is 0 Å². The molecule has 1 saturated carbocycles. The Morgan fingerprint density at radius 1 is 1.05 bits per heavy atom. The first kappa shape index (κ1) is 12.4. The summed E-state index contributed by atoms with van der Waals surface area (Å²) < 4.78 is 12.8. The third-order valence-electron chi connectivity index (χ3n) is 3.92. The van der Waals surface area contributed by atoms with Crippen molar-refractivity contribution in [3.05, 3.63) is 71.5 Å². The van der Waals surface area contributed by atoms with Gasteiger partial charge in [0.2, 0.25) is 0 Å². The van der Waals surface area contributed by atoms with Crippen LogP contribution in [0.25, 0.3) is 0 Å². The molecule has 2 aromatic rings. The van der Waals surface area contributed by atoms with Gasteiger partial charge in [-0.25, -0.2) is 4.39 Å². The van der Waals surface area contributed by atoms with Gasteiger partial charge in [-0.1, -0.05) is 42.5 Å². The first-order chi connectivity index (χ1) is 9.24. The van der Waals surface area contributed by atoms with E-state index in [9.17, 15) is 9.50 Å². The van der Waals surface area contributed by atoms with Crippen LogP contribution in [0.2, 0.25) is 0 Å². The van der Waals surface area contributed by atoms with Crippen LogP contribution in [0.3, 0.4) is 0 Å². The second kappa shape index (κ2) is 5.14. The normalized spacial score (nSPS) is 23.1. The van der Waals surface area contributed by atoms with E-state index in [4.69, 9.17) is 0 Å². The van der Waals surface area contributed by atoms with Gasteiger partial charge in [-0.2, -0.15) is 0 Å². The van der Waals surface area contributed by atoms with Gasteiger partial charge in [-0.3, -0.25) is 0 Å². The second-order valence-electron chi connectivity index (χ2n) is 5.31. The van der Waals surface area contributed by atoms with E-state index >= 15 is 0 Å². The van der Waals surface area contributed by atoms with Gasteiger partial charge < -0.3 is 5.11 Å². The van der Waals surface area contributed by atoms with Crippen molar-refractivity contribution in [1.29, 1.82) is 0 Å². The van der Waals surface area contributed by atoms with Crippen molar-refractivity contribution < 1.29 is 9.50 Å². The predicted octanol–water partition coefficient (Wildman–Crippen LogP) is 3.53. The highest BCUT2D eigenvalue weighted by atomic mass is 19.1. The molecular weight excluding hydrogens is 239 g/mol. The quantitative estimate of drug-likeness (QED) is 0.887. The molecule has 1 aliphatic rings. The van der Waals surface area contributed by atoms with Crippen molar-refractivity contribution in [1.82, 2.24) is 0 Å². The number of aliphatic hydroxyl groups excluding tert-OH is 1. The summed E-state index contributed by atoms with van der Waals surface area (Å²) >= 11 is 0. The van der Waals surface area contributed by atoms with Gasteiger partial charge >= 0.3 is 0 Å². The van der Waals surface area contributed by atoms with Crippen LogP contribution < -0.4 is 0 Å². The summed E-state index contributed by atoms with van der Waals surface area (Å²) in [6, 6.07) is 16.7. The fourth-order valence-corrected chi connectivity index (χ4v) is 2.74. The minimum absolute atomic E-state index is 0.230. The van der Waals surface area contributed by atoms with Crippen LogP contribution in [0.4, 0.5) is 4.39 Å². The van der Waals surface area contributed by atoms with E-state index in [1.54, 1.807) is 12.1 Å². The SMILES string of the molecule is OC(Cc1ccc(F)cc1)C1CC1c1ccccc1. The molecule has 0 amide bonds. The Hall–Kier alpha value is -1.67. The van der Waals surface area contributed by atoms with Crippen LogP contribution in [-0.2, 0) is 6.42 Å². The second-order valence-corrected chi connectivity index (χ2v) is 5.31. The lowest BCUT2D eigenvalue weighted by molar-refractivity contribution is 0.149. The van der Waals surface area contributed by atoms with Crippen LogP contribution in [0.5, 0.6) is 0 Å². The molecule has 19 heavy (non-hydrogen) atoms. The zero-order chi connectivity index (χ0) is 13.2. The molecule has 0 radical (unpaired) electrons. The lowest BCUT2D eigenvalue weighted by Gasteiger charge is -2.10. The van der Waals surface area contributed by atoms with Crippen LogP contribution in [0.1, 0.15) is 23.5 Å². The molecule has 2 aromatic carbocycles. The fourth-order valence-electron chi connectivity index (χ4n) is 2.74. The van der Waals surface area contributed by atoms with Crippen molar-refractivity contribution >= 4 is 0 Å². The lowest BCUT2D eigenvalue weighted by Crippen LogP contribution is -2.14. The highest BCUT2D eigenvalue weighted by Crippen LogP contribution is 2.49. The Morgan fingerprint density at radius 3 is 2.42 bits per heavy atom. The standard InChI is InChI=1S/C17H17FO/c18-14-8-6-12(7-9-14)10-17(19)16-11-15(16)13-4-2-1-3-5-13/h1-9,15-17,19H,10-11H2. The molecule has 1 nitrogen and oxygen atoms in total. The van der Waals surface area contributed by atoms with Crippen LogP contribution in [0, 0.1) is 11.7 Å². The average molecular weight is 256 g/mol. The third-order valence-corrected chi connectivity index (χ3v) is 3.92. The number of benzene rings is 2. The minimum Gasteiger partial charge on any atom is -0.392 e. The van der Waals surface area contributed by atoms with E-state index in [0.717, 1.165) is 12.0 Å². The molecule has 3 rings (SSSR count). The Balaban J connectivity index is 1.61. The van der Waals surface area contributed by atoms with Gasteiger partial charge in [-0.15, -0.1) is 0 Å². The maximum Gasteiger partial charge on any atom is 0.123 e. The number of rotatable bonds is 4. The van der Waals surface area contributed by atoms with Crippen LogP contribution in [-0.4, -0.2) is 11.2 Å². The number of hydrogen-bond donors (Lipinski definition) is 1. The van der Waals surface area contributed by atoms with Gasteiger partial charge in [0.25, 0.3) is 0 Å². The van der Waals surface area contributed by atoms with Crippen molar-refractivity contribution in [2.75, 3.05) is 0 Å². The van der Waals surface area contributed by atoms with E-state index < -0.39 is 0 Å². The summed E-state index contributed by atoms with van der Waals surface area (Å²) in [6.07, 6.45) is 1.32. The Bertz CT molecular complexity index is 535. The van der Waals surface area contributed by atoms with E-state index in [2.05, 4.69) is 12.1 Å². The van der Waals surface area contributed by atoms with Gasteiger partial charge in [0.1, 0.15) is 5.82 Å². The molecule has 0 aromatic heterocycles. The van der Waals surface area contributed by atoms with E-state index in [0.29, 0.717) is 18.3 Å². The molecule has 0 heterocycles. The van der Waals surface area contributed by atoms with Crippen molar-refractivity contribution in [2.45, 2.75) is 24.9 Å². The molecule has 1 aliphatic carbocycles. The summed E-state index contributed by atoms with van der Waals surface area (Å²) in [6.45, 7) is 0. The largest absolute Gasteiger partial charge is 0.392 e. The Kier molecular flexibility index (Phi) is 3.34. The molecule has 1 fully saturated rings. The van der Waals surface area contributed by atoms with E-state index in [-0.39, 0.29) is 11.9 Å². The molecule has 3 unspecified atom stereocenters. The molecule has 98 valence electrons. The predicted molar refractivity (Wildman–Crippen MR) is 73.4 cm³/mol. The monoisotopic (exact) mass is 256 g/mol. The van der Waals surface area contributed by atoms with Gasteiger partial charge in [0.15, 0.2) is 0 Å². The molecule has 1 N–H and O–H groups in total. The summed E-state index contributed by atoms with van der Waals surface area (Å²) in [5, 5.41) is 10.2. The smallest absolute Gasteiger partial charge is 0.123 e. The fraction of sp³-hybridized carbons (Fsp3) is 0.294. The van der Waals surface area contributed by atoms with Gasteiger partial charge in [0.05, 0.1) is 6.10 Å². The molecule has 3 atom stereocenters. The van der Waals surface area contributed by atoms with E-state index in [1.165, 1.54) is 17.7 Å². The summed E-state index contributed by atoms with van der Waals surface area (Å²) in [5.74, 6) is 0.593. The number of aliphatic hydroxyl groups is 1. The summed E-state index contributed by atoms with van der Waals surface area (Å²) in [5.41, 5.74) is 2.30. The zero-order valence-electron chi connectivity index (χ0n) is 10.7. The van der Waals surface area contributed by atoms with Crippen molar-refractivity contribution in [3.8, 4) is 0 Å². The maximum absolute atomic E-state index is 12.8. The van der Waals surface area contributed by atoms with Crippen molar-refractivity contribution in [3.63, 3.8) is 0 Å². The first-order valence-corrected chi connectivity index (χ1v) is 6.71. The molecular formula is C17H17FO. The third kappa shape index (κ3) is 2.85. The Morgan fingerprint density at radius 2 is 1.74 bits per heavy atom. The number of hydrogen-bond acceptors (Lipinski definition) is 1. The molecule has 0 aliphatic heterocycles. The highest BCUT2D eigenvalue weighted by Gasteiger charge is 2.42. The molecule has 0 spiro atoms. The van der Waals surface area contributed by atoms with Crippen LogP contribution in [0.15, 0.2) is 54.6 Å². The summed E-state index contributed by atoms with van der Waals surface area (Å²) in [4.78, 5) is 0. The van der Waals surface area contributed by atoms with Crippen molar-refractivity contribution in [2.24, 2.45) is 5.92 Å². The molecule has 0 saturated heterocycles. The van der Waals surface area contributed by atoms with Gasteiger partial charge in [-0.05, 0) is 47.9 Å². The average Bonchev–Trinajstić information content (AvgIpc) is 3.23. The first-order valence-electron chi connectivity index (χ1n) is 6.71. The lowest BCUT2D eigenvalue weighted by atomic mass is 10.0. The summed E-state index contributed by atoms with van der Waals surface area (Å²) in [7, 11) is 0. The Labute approximate surface area is 112 Å². The van der Waals surface area contributed by atoms with Gasteiger partial charge in [0, 0.05) is 0 Å². The highest BCUT2D eigenvalue weighted by molar-refractivity contribution is 5.27.